The van der Waals surface area contributed by atoms with Crippen molar-refractivity contribution in [3.05, 3.63) is 0 Å². The molecule has 0 aliphatic carbocycles. The van der Waals surface area contributed by atoms with Crippen molar-refractivity contribution in [1.29, 1.82) is 0 Å². The lowest BCUT2D eigenvalue weighted by atomic mass is 9.92. The molecule has 1 aliphatic heterocycles. The second-order valence-corrected chi connectivity index (χ2v) is 4.79. The summed E-state index contributed by atoms with van der Waals surface area (Å²) in [4.78, 5) is 0. The monoisotopic (exact) mass is 216 g/mol. The minimum atomic E-state index is -0.934. The van der Waals surface area contributed by atoms with Crippen molar-refractivity contribution in [1.82, 2.24) is 0 Å². The molecule has 2 N–H and O–H groups in total. The fourth-order valence-corrected chi connectivity index (χ4v) is 1.96. The molecule has 0 aromatic carbocycles. The summed E-state index contributed by atoms with van der Waals surface area (Å²) >= 11 is 0. The van der Waals surface area contributed by atoms with E-state index < -0.39 is 11.7 Å². The Morgan fingerprint density at radius 3 is 2.80 bits per heavy atom. The molecule has 1 rings (SSSR count). The molecular weight excluding hydrogens is 192 g/mol. The van der Waals surface area contributed by atoms with E-state index in [1.807, 2.05) is 6.92 Å². The van der Waals surface area contributed by atoms with E-state index >= 15 is 0 Å². The van der Waals surface area contributed by atoms with Crippen molar-refractivity contribution in [2.24, 2.45) is 0 Å². The van der Waals surface area contributed by atoms with Gasteiger partial charge >= 0.3 is 0 Å². The maximum atomic E-state index is 9.80. The lowest BCUT2D eigenvalue weighted by molar-refractivity contribution is -0.0687. The van der Waals surface area contributed by atoms with Crippen LogP contribution < -0.4 is 0 Å². The van der Waals surface area contributed by atoms with Gasteiger partial charge in [-0.3, -0.25) is 0 Å². The summed E-state index contributed by atoms with van der Waals surface area (Å²) in [5.74, 6) is 0. The highest BCUT2D eigenvalue weighted by Crippen LogP contribution is 2.22. The molecule has 1 saturated heterocycles. The van der Waals surface area contributed by atoms with Gasteiger partial charge in [0.2, 0.25) is 0 Å². The molecule has 0 amide bonds. The molecule has 1 fully saturated rings. The predicted octanol–water partition coefficient (Wildman–Crippen LogP) is 1.86. The van der Waals surface area contributed by atoms with Gasteiger partial charge in [-0.05, 0) is 45.4 Å². The number of rotatable bonds is 6. The van der Waals surface area contributed by atoms with Gasteiger partial charge in [0.05, 0.1) is 17.8 Å². The zero-order valence-corrected chi connectivity index (χ0v) is 9.91. The summed E-state index contributed by atoms with van der Waals surface area (Å²) in [6.07, 6.45) is 5.31. The van der Waals surface area contributed by atoms with Crippen molar-refractivity contribution in [3.63, 3.8) is 0 Å². The Morgan fingerprint density at radius 2 is 2.27 bits per heavy atom. The van der Waals surface area contributed by atoms with Crippen LogP contribution in [0.5, 0.6) is 0 Å². The van der Waals surface area contributed by atoms with Crippen LogP contribution in [0.15, 0.2) is 0 Å². The van der Waals surface area contributed by atoms with Gasteiger partial charge in [-0.2, -0.15) is 0 Å². The first-order chi connectivity index (χ1) is 7.06. The van der Waals surface area contributed by atoms with Crippen molar-refractivity contribution < 1.29 is 14.9 Å². The van der Waals surface area contributed by atoms with E-state index in [2.05, 4.69) is 0 Å². The second-order valence-electron chi connectivity index (χ2n) is 4.79. The maximum Gasteiger partial charge on any atom is 0.0874 e. The van der Waals surface area contributed by atoms with Crippen LogP contribution in [0, 0.1) is 0 Å². The number of aliphatic hydroxyl groups is 2. The standard InChI is InChI=1S/C12H24O3/c1-3-12(2,14)11(13)8-4-6-10-7-5-9-15-10/h10-11,13-14H,3-9H2,1-2H3. The van der Waals surface area contributed by atoms with Crippen LogP contribution >= 0.6 is 0 Å². The minimum Gasteiger partial charge on any atom is -0.390 e. The minimum absolute atomic E-state index is 0.392. The summed E-state index contributed by atoms with van der Waals surface area (Å²) in [6.45, 7) is 4.48. The first kappa shape index (κ1) is 12.9. The third-order valence-electron chi connectivity index (χ3n) is 3.46. The van der Waals surface area contributed by atoms with E-state index in [0.717, 1.165) is 25.9 Å². The Balaban J connectivity index is 2.13. The highest BCUT2D eigenvalue weighted by molar-refractivity contribution is 4.80. The molecule has 0 aromatic rings. The number of aliphatic hydroxyl groups excluding tert-OH is 1. The van der Waals surface area contributed by atoms with Gasteiger partial charge in [-0.1, -0.05) is 6.92 Å². The lowest BCUT2D eigenvalue weighted by Crippen LogP contribution is -2.38. The molecule has 0 spiro atoms. The summed E-state index contributed by atoms with van der Waals surface area (Å²) in [5.41, 5.74) is -0.934. The predicted molar refractivity (Wildman–Crippen MR) is 59.7 cm³/mol. The topological polar surface area (TPSA) is 49.7 Å². The van der Waals surface area contributed by atoms with Crippen molar-refractivity contribution in [2.75, 3.05) is 6.61 Å². The summed E-state index contributed by atoms with van der Waals surface area (Å²) in [6, 6.07) is 0. The van der Waals surface area contributed by atoms with Gasteiger partial charge in [0.15, 0.2) is 0 Å². The molecule has 3 heteroatoms. The average molecular weight is 216 g/mol. The quantitative estimate of drug-likeness (QED) is 0.712. The van der Waals surface area contributed by atoms with Gasteiger partial charge in [-0.25, -0.2) is 0 Å². The van der Waals surface area contributed by atoms with Crippen LogP contribution in [-0.4, -0.2) is 34.6 Å². The normalized spacial score (nSPS) is 27.6. The number of ether oxygens (including phenoxy) is 1. The van der Waals surface area contributed by atoms with Crippen LogP contribution in [0.2, 0.25) is 0 Å². The molecule has 90 valence electrons. The summed E-state index contributed by atoms with van der Waals surface area (Å²) in [5, 5.41) is 19.6. The Hall–Kier alpha value is -0.120. The van der Waals surface area contributed by atoms with Crippen molar-refractivity contribution in [2.45, 2.75) is 70.2 Å². The Bertz CT molecular complexity index is 174. The molecule has 3 atom stereocenters. The Kier molecular flexibility index (Phi) is 5.03. The molecule has 0 radical (unpaired) electrons. The van der Waals surface area contributed by atoms with Crippen molar-refractivity contribution in [3.8, 4) is 0 Å². The molecule has 15 heavy (non-hydrogen) atoms. The van der Waals surface area contributed by atoms with E-state index in [1.54, 1.807) is 6.92 Å². The molecule has 0 saturated carbocycles. The highest BCUT2D eigenvalue weighted by Gasteiger charge is 2.28. The van der Waals surface area contributed by atoms with Gasteiger partial charge in [0.25, 0.3) is 0 Å². The Morgan fingerprint density at radius 1 is 1.53 bits per heavy atom. The fourth-order valence-electron chi connectivity index (χ4n) is 1.96. The third-order valence-corrected chi connectivity index (χ3v) is 3.46. The summed E-state index contributed by atoms with van der Waals surface area (Å²) < 4.78 is 5.50. The van der Waals surface area contributed by atoms with E-state index in [-0.39, 0.29) is 0 Å². The maximum absolute atomic E-state index is 9.80. The van der Waals surface area contributed by atoms with E-state index in [4.69, 9.17) is 4.74 Å². The van der Waals surface area contributed by atoms with E-state index in [0.29, 0.717) is 18.9 Å². The van der Waals surface area contributed by atoms with Crippen LogP contribution in [0.4, 0.5) is 0 Å². The molecule has 1 aliphatic rings. The number of hydrogen-bond donors (Lipinski definition) is 2. The van der Waals surface area contributed by atoms with Crippen LogP contribution in [0.25, 0.3) is 0 Å². The first-order valence-corrected chi connectivity index (χ1v) is 6.08. The smallest absolute Gasteiger partial charge is 0.0874 e. The zero-order chi connectivity index (χ0) is 11.3. The molecule has 3 unspecified atom stereocenters. The highest BCUT2D eigenvalue weighted by atomic mass is 16.5. The number of hydrogen-bond acceptors (Lipinski definition) is 3. The fraction of sp³-hybridized carbons (Fsp3) is 1.00. The largest absolute Gasteiger partial charge is 0.390 e. The summed E-state index contributed by atoms with van der Waals surface area (Å²) in [7, 11) is 0. The van der Waals surface area contributed by atoms with E-state index in [9.17, 15) is 10.2 Å². The molecule has 3 nitrogen and oxygen atoms in total. The zero-order valence-electron chi connectivity index (χ0n) is 9.91. The van der Waals surface area contributed by atoms with Gasteiger partial charge < -0.3 is 14.9 Å². The Labute approximate surface area is 92.4 Å². The lowest BCUT2D eigenvalue weighted by Gasteiger charge is -2.27. The first-order valence-electron chi connectivity index (χ1n) is 6.08. The molecule has 0 aromatic heterocycles. The van der Waals surface area contributed by atoms with Gasteiger partial charge in [0.1, 0.15) is 0 Å². The van der Waals surface area contributed by atoms with E-state index in [1.165, 1.54) is 6.42 Å². The van der Waals surface area contributed by atoms with Crippen LogP contribution in [0.3, 0.4) is 0 Å². The molecular formula is C12H24O3. The SMILES string of the molecule is CCC(C)(O)C(O)CCCC1CCCO1. The molecule has 1 heterocycles. The van der Waals surface area contributed by atoms with Crippen LogP contribution in [-0.2, 0) is 4.74 Å². The molecule has 0 bridgehead atoms. The van der Waals surface area contributed by atoms with Crippen LogP contribution in [0.1, 0.15) is 52.4 Å². The van der Waals surface area contributed by atoms with Gasteiger partial charge in [0, 0.05) is 6.61 Å². The van der Waals surface area contributed by atoms with Gasteiger partial charge in [-0.15, -0.1) is 0 Å². The third kappa shape index (κ3) is 4.09. The second kappa shape index (κ2) is 5.83. The average Bonchev–Trinajstić information content (AvgIpc) is 2.70. The van der Waals surface area contributed by atoms with Crippen molar-refractivity contribution >= 4 is 0 Å².